The summed E-state index contributed by atoms with van der Waals surface area (Å²) in [5.41, 5.74) is 3.66. The van der Waals surface area contributed by atoms with E-state index in [1.165, 1.54) is 11.1 Å². The zero-order valence-electron chi connectivity index (χ0n) is 12.1. The first-order valence-electron chi connectivity index (χ1n) is 6.94. The number of halogens is 3. The molecule has 2 aromatic rings. The van der Waals surface area contributed by atoms with Crippen LogP contribution in [0.3, 0.4) is 0 Å². The van der Waals surface area contributed by atoms with Crippen molar-refractivity contribution in [2.45, 2.75) is 26.3 Å². The van der Waals surface area contributed by atoms with Gasteiger partial charge in [0.25, 0.3) is 0 Å². The Balaban J connectivity index is 2.32. The van der Waals surface area contributed by atoms with Crippen LogP contribution in [0.4, 0.5) is 0 Å². The fraction of sp³-hybridized carbons (Fsp3) is 0.294. The minimum absolute atomic E-state index is 0.228. The number of likely N-dealkylation sites (N-methyl/N-ethyl adjacent to an activating group) is 1. The van der Waals surface area contributed by atoms with Crippen molar-refractivity contribution in [1.29, 1.82) is 0 Å². The smallest absolute Gasteiger partial charge is 0.0453 e. The molecule has 0 saturated carbocycles. The first-order chi connectivity index (χ1) is 10.0. The summed E-state index contributed by atoms with van der Waals surface area (Å²) in [6.07, 6.45) is 0.834. The number of nitrogens with one attached hydrogen (secondary N) is 1. The lowest BCUT2D eigenvalue weighted by Gasteiger charge is -2.21. The maximum Gasteiger partial charge on any atom is 0.0453 e. The number of hydrogen-bond donors (Lipinski definition) is 1. The topological polar surface area (TPSA) is 12.0 Å². The molecule has 21 heavy (non-hydrogen) atoms. The predicted molar refractivity (Wildman–Crippen MR) is 95.5 cm³/mol. The number of rotatable bonds is 5. The van der Waals surface area contributed by atoms with E-state index in [2.05, 4.69) is 53.3 Å². The Morgan fingerprint density at radius 1 is 1.14 bits per heavy atom. The van der Waals surface area contributed by atoms with E-state index in [-0.39, 0.29) is 6.04 Å². The van der Waals surface area contributed by atoms with E-state index in [0.717, 1.165) is 28.0 Å². The van der Waals surface area contributed by atoms with Crippen LogP contribution in [-0.2, 0) is 6.42 Å². The van der Waals surface area contributed by atoms with E-state index in [0.29, 0.717) is 5.02 Å². The van der Waals surface area contributed by atoms with E-state index in [1.54, 1.807) is 6.07 Å². The highest BCUT2D eigenvalue weighted by Crippen LogP contribution is 2.29. The van der Waals surface area contributed by atoms with Gasteiger partial charge in [-0.3, -0.25) is 0 Å². The van der Waals surface area contributed by atoms with Crippen molar-refractivity contribution in [1.82, 2.24) is 5.32 Å². The summed E-state index contributed by atoms with van der Waals surface area (Å²) in [6.45, 7) is 5.15. The summed E-state index contributed by atoms with van der Waals surface area (Å²) in [5.74, 6) is 0. The fourth-order valence-corrected chi connectivity index (χ4v) is 3.30. The molecule has 1 unspecified atom stereocenters. The van der Waals surface area contributed by atoms with E-state index in [4.69, 9.17) is 23.2 Å². The van der Waals surface area contributed by atoms with Crippen LogP contribution in [0.1, 0.15) is 29.7 Å². The minimum Gasteiger partial charge on any atom is -0.310 e. The van der Waals surface area contributed by atoms with Gasteiger partial charge in [0.1, 0.15) is 0 Å². The van der Waals surface area contributed by atoms with Gasteiger partial charge in [-0.2, -0.15) is 0 Å². The first kappa shape index (κ1) is 16.8. The molecule has 0 bridgehead atoms. The highest BCUT2D eigenvalue weighted by molar-refractivity contribution is 9.10. The average molecular weight is 387 g/mol. The summed E-state index contributed by atoms with van der Waals surface area (Å²) in [5, 5.41) is 4.93. The molecule has 0 radical (unpaired) electrons. The summed E-state index contributed by atoms with van der Waals surface area (Å²) in [4.78, 5) is 0. The molecular weight excluding hydrogens is 369 g/mol. The van der Waals surface area contributed by atoms with Crippen LogP contribution in [0.5, 0.6) is 0 Å². The highest BCUT2D eigenvalue weighted by atomic mass is 79.9. The van der Waals surface area contributed by atoms with E-state index in [1.807, 2.05) is 12.1 Å². The molecule has 0 spiro atoms. The van der Waals surface area contributed by atoms with Gasteiger partial charge >= 0.3 is 0 Å². The van der Waals surface area contributed by atoms with Crippen LogP contribution >= 0.6 is 39.1 Å². The number of hydrogen-bond acceptors (Lipinski definition) is 1. The van der Waals surface area contributed by atoms with Gasteiger partial charge in [-0.05, 0) is 60.8 Å². The van der Waals surface area contributed by atoms with Crippen LogP contribution in [0.2, 0.25) is 10.0 Å². The highest BCUT2D eigenvalue weighted by Gasteiger charge is 2.15. The SMILES string of the molecule is CCNC(Cc1ccc(Cl)cc1Cl)c1cc(Br)ccc1C. The van der Waals surface area contributed by atoms with E-state index in [9.17, 15) is 0 Å². The van der Waals surface area contributed by atoms with Crippen LogP contribution in [0, 0.1) is 6.92 Å². The zero-order valence-corrected chi connectivity index (χ0v) is 15.2. The second-order valence-electron chi connectivity index (χ2n) is 5.05. The molecule has 1 nitrogen and oxygen atoms in total. The molecule has 0 amide bonds. The van der Waals surface area contributed by atoms with Crippen LogP contribution in [-0.4, -0.2) is 6.54 Å². The molecule has 0 saturated heterocycles. The fourth-order valence-electron chi connectivity index (χ4n) is 2.43. The molecule has 0 heterocycles. The van der Waals surface area contributed by atoms with Crippen molar-refractivity contribution >= 4 is 39.1 Å². The molecule has 0 fully saturated rings. The monoisotopic (exact) mass is 385 g/mol. The van der Waals surface area contributed by atoms with Crippen LogP contribution in [0.15, 0.2) is 40.9 Å². The third kappa shape index (κ3) is 4.46. The minimum atomic E-state index is 0.228. The lowest BCUT2D eigenvalue weighted by atomic mass is 9.95. The Morgan fingerprint density at radius 2 is 1.90 bits per heavy atom. The maximum atomic E-state index is 6.31. The second kappa shape index (κ2) is 7.64. The second-order valence-corrected chi connectivity index (χ2v) is 6.81. The molecule has 1 atom stereocenters. The van der Waals surface area contributed by atoms with Crippen molar-refractivity contribution in [2.24, 2.45) is 0 Å². The lowest BCUT2D eigenvalue weighted by molar-refractivity contribution is 0.547. The molecule has 112 valence electrons. The normalized spacial score (nSPS) is 12.4. The van der Waals surface area contributed by atoms with Gasteiger partial charge in [-0.1, -0.05) is 58.2 Å². The summed E-state index contributed by atoms with van der Waals surface area (Å²) in [7, 11) is 0. The maximum absolute atomic E-state index is 6.31. The molecule has 4 heteroatoms. The molecule has 0 aliphatic rings. The Labute approximate surface area is 144 Å². The van der Waals surface area contributed by atoms with Gasteiger partial charge in [0.15, 0.2) is 0 Å². The first-order valence-corrected chi connectivity index (χ1v) is 8.49. The van der Waals surface area contributed by atoms with Crippen molar-refractivity contribution in [3.63, 3.8) is 0 Å². The van der Waals surface area contributed by atoms with Crippen molar-refractivity contribution in [3.8, 4) is 0 Å². The van der Waals surface area contributed by atoms with Crippen LogP contribution < -0.4 is 5.32 Å². The van der Waals surface area contributed by atoms with E-state index >= 15 is 0 Å². The molecule has 2 rings (SSSR count). The summed E-state index contributed by atoms with van der Waals surface area (Å²) in [6, 6.07) is 12.3. The van der Waals surface area contributed by atoms with Gasteiger partial charge < -0.3 is 5.32 Å². The molecule has 1 N–H and O–H groups in total. The Bertz CT molecular complexity index is 628. The van der Waals surface area contributed by atoms with E-state index < -0.39 is 0 Å². The zero-order chi connectivity index (χ0) is 15.4. The summed E-state index contributed by atoms with van der Waals surface area (Å²) < 4.78 is 1.09. The van der Waals surface area contributed by atoms with Crippen molar-refractivity contribution in [3.05, 3.63) is 67.6 Å². The van der Waals surface area contributed by atoms with Gasteiger partial charge in [-0.15, -0.1) is 0 Å². The molecular formula is C17H18BrCl2N. The molecule has 2 aromatic carbocycles. The Morgan fingerprint density at radius 3 is 2.57 bits per heavy atom. The lowest BCUT2D eigenvalue weighted by Crippen LogP contribution is -2.24. The summed E-state index contributed by atoms with van der Waals surface area (Å²) >= 11 is 15.8. The Kier molecular flexibility index (Phi) is 6.12. The predicted octanol–water partition coefficient (Wildman–Crippen LogP) is 5.96. The molecule has 0 aliphatic heterocycles. The van der Waals surface area contributed by atoms with Gasteiger partial charge in [0, 0.05) is 20.6 Å². The van der Waals surface area contributed by atoms with Crippen LogP contribution in [0.25, 0.3) is 0 Å². The molecule has 0 aromatic heterocycles. The number of benzene rings is 2. The largest absolute Gasteiger partial charge is 0.310 e. The van der Waals surface area contributed by atoms with Gasteiger partial charge in [0.2, 0.25) is 0 Å². The van der Waals surface area contributed by atoms with Gasteiger partial charge in [-0.25, -0.2) is 0 Å². The quantitative estimate of drug-likeness (QED) is 0.668. The number of aryl methyl sites for hydroxylation is 1. The standard InChI is InChI=1S/C17H18BrCl2N/c1-3-21-17(15-9-13(18)6-4-11(15)2)8-12-5-7-14(19)10-16(12)20/h4-7,9-10,17,21H,3,8H2,1-2H3. The Hall–Kier alpha value is -0.540. The third-order valence-corrected chi connectivity index (χ3v) is 4.59. The van der Waals surface area contributed by atoms with Crippen molar-refractivity contribution in [2.75, 3.05) is 6.54 Å². The molecule has 0 aliphatic carbocycles. The van der Waals surface area contributed by atoms with Gasteiger partial charge in [0.05, 0.1) is 0 Å². The third-order valence-electron chi connectivity index (χ3n) is 3.51. The van der Waals surface area contributed by atoms with Crippen molar-refractivity contribution < 1.29 is 0 Å². The average Bonchev–Trinajstić information content (AvgIpc) is 2.44.